The van der Waals surface area contributed by atoms with E-state index in [1.54, 1.807) is 12.1 Å². The number of anilines is 2. The Balaban J connectivity index is 1.81. The van der Waals surface area contributed by atoms with Gasteiger partial charge in [0, 0.05) is 10.2 Å². The summed E-state index contributed by atoms with van der Waals surface area (Å²) >= 11 is 4.34. The summed E-state index contributed by atoms with van der Waals surface area (Å²) in [6.07, 6.45) is 0. The van der Waals surface area contributed by atoms with Gasteiger partial charge in [0.15, 0.2) is 5.37 Å². The summed E-state index contributed by atoms with van der Waals surface area (Å²) in [5.74, 6) is -0.251. The van der Waals surface area contributed by atoms with Crippen molar-refractivity contribution in [1.29, 1.82) is 0 Å². The van der Waals surface area contributed by atoms with Crippen molar-refractivity contribution >= 4 is 50.2 Å². The average Bonchev–Trinajstić information content (AvgIpc) is 2.75. The zero-order valence-electron chi connectivity index (χ0n) is 11.7. The molecule has 22 heavy (non-hydrogen) atoms. The van der Waals surface area contributed by atoms with Gasteiger partial charge in [-0.1, -0.05) is 28.1 Å². The van der Waals surface area contributed by atoms with Gasteiger partial charge in [-0.3, -0.25) is 9.59 Å². The van der Waals surface area contributed by atoms with Crippen molar-refractivity contribution in [2.75, 3.05) is 10.2 Å². The van der Waals surface area contributed by atoms with E-state index < -0.39 is 5.37 Å². The summed E-state index contributed by atoms with van der Waals surface area (Å²) in [5, 5.41) is 2.25. The molecule has 1 N–H and O–H groups in total. The Kier molecular flexibility index (Phi) is 4.22. The highest BCUT2D eigenvalue weighted by Crippen LogP contribution is 2.33. The number of hydrogen-bond donors (Lipinski definition) is 1. The van der Waals surface area contributed by atoms with Crippen LogP contribution in [-0.4, -0.2) is 16.5 Å². The van der Waals surface area contributed by atoms with E-state index in [4.69, 9.17) is 0 Å². The average molecular weight is 377 g/mol. The SMILES string of the molecule is Cc1cccc(NC2SC(=O)N(c3ccc(Br)cc3)C2=O)c1. The van der Waals surface area contributed by atoms with E-state index in [0.717, 1.165) is 27.5 Å². The van der Waals surface area contributed by atoms with Gasteiger partial charge in [0.25, 0.3) is 11.1 Å². The zero-order chi connectivity index (χ0) is 15.7. The largest absolute Gasteiger partial charge is 0.365 e. The molecular weight excluding hydrogens is 364 g/mol. The summed E-state index contributed by atoms with van der Waals surface area (Å²) < 4.78 is 0.900. The van der Waals surface area contributed by atoms with Crippen LogP contribution in [0.5, 0.6) is 0 Å². The topological polar surface area (TPSA) is 49.4 Å². The molecule has 1 aliphatic rings. The Morgan fingerprint density at radius 2 is 1.86 bits per heavy atom. The van der Waals surface area contributed by atoms with E-state index in [0.29, 0.717) is 5.69 Å². The first-order valence-electron chi connectivity index (χ1n) is 6.68. The maximum atomic E-state index is 12.5. The highest BCUT2D eigenvalue weighted by molar-refractivity contribution is 9.10. The van der Waals surface area contributed by atoms with Gasteiger partial charge in [-0.15, -0.1) is 0 Å². The van der Waals surface area contributed by atoms with Gasteiger partial charge in [0.1, 0.15) is 0 Å². The molecule has 1 atom stereocenters. The highest BCUT2D eigenvalue weighted by Gasteiger charge is 2.40. The molecular formula is C16H13BrN2O2S. The van der Waals surface area contributed by atoms with Gasteiger partial charge in [-0.25, -0.2) is 4.90 Å². The van der Waals surface area contributed by atoms with Crippen LogP contribution in [0.25, 0.3) is 0 Å². The quantitative estimate of drug-likeness (QED) is 0.862. The van der Waals surface area contributed by atoms with Crippen molar-refractivity contribution in [3.05, 3.63) is 58.6 Å². The zero-order valence-corrected chi connectivity index (χ0v) is 14.1. The summed E-state index contributed by atoms with van der Waals surface area (Å²) in [5.41, 5.74) is 2.51. The van der Waals surface area contributed by atoms with E-state index in [1.807, 2.05) is 43.3 Å². The number of aryl methyl sites for hydroxylation is 1. The Morgan fingerprint density at radius 3 is 2.55 bits per heavy atom. The number of halogens is 1. The number of thioether (sulfide) groups is 1. The molecule has 2 aromatic rings. The molecule has 112 valence electrons. The van der Waals surface area contributed by atoms with E-state index in [1.165, 1.54) is 4.90 Å². The fourth-order valence-electron chi connectivity index (χ4n) is 2.21. The van der Waals surface area contributed by atoms with Gasteiger partial charge in [0.2, 0.25) is 0 Å². The lowest BCUT2D eigenvalue weighted by Crippen LogP contribution is -2.34. The van der Waals surface area contributed by atoms with Crippen LogP contribution in [0, 0.1) is 6.92 Å². The van der Waals surface area contributed by atoms with Crippen LogP contribution < -0.4 is 10.2 Å². The molecule has 2 amide bonds. The van der Waals surface area contributed by atoms with Gasteiger partial charge in [-0.05, 0) is 60.6 Å². The number of amides is 2. The molecule has 0 aromatic heterocycles. The molecule has 0 saturated carbocycles. The first-order chi connectivity index (χ1) is 10.5. The lowest BCUT2D eigenvalue weighted by Gasteiger charge is -2.15. The minimum Gasteiger partial charge on any atom is -0.365 e. The van der Waals surface area contributed by atoms with Crippen molar-refractivity contribution in [1.82, 2.24) is 0 Å². The van der Waals surface area contributed by atoms with Crippen LogP contribution in [0.3, 0.4) is 0 Å². The Labute approximate surface area is 141 Å². The molecule has 1 aliphatic heterocycles. The molecule has 2 aromatic carbocycles. The summed E-state index contributed by atoms with van der Waals surface area (Å²) in [6, 6.07) is 14.8. The monoisotopic (exact) mass is 376 g/mol. The van der Waals surface area contributed by atoms with E-state index in [-0.39, 0.29) is 11.1 Å². The van der Waals surface area contributed by atoms with Crippen LogP contribution in [0.15, 0.2) is 53.0 Å². The van der Waals surface area contributed by atoms with Crippen LogP contribution >= 0.6 is 27.7 Å². The van der Waals surface area contributed by atoms with Crippen molar-refractivity contribution in [3.63, 3.8) is 0 Å². The van der Waals surface area contributed by atoms with Crippen molar-refractivity contribution in [2.24, 2.45) is 0 Å². The number of rotatable bonds is 3. The van der Waals surface area contributed by atoms with Crippen LogP contribution in [0.1, 0.15) is 5.56 Å². The number of carbonyl (C=O) groups excluding carboxylic acids is 2. The molecule has 3 rings (SSSR count). The smallest absolute Gasteiger partial charge is 0.295 e. The Bertz CT molecular complexity index is 733. The molecule has 4 nitrogen and oxygen atoms in total. The second-order valence-electron chi connectivity index (χ2n) is 4.93. The number of hydrogen-bond acceptors (Lipinski definition) is 4. The van der Waals surface area contributed by atoms with Crippen LogP contribution in [0.2, 0.25) is 0 Å². The molecule has 0 aliphatic carbocycles. The molecule has 1 unspecified atom stereocenters. The third-order valence-electron chi connectivity index (χ3n) is 3.25. The van der Waals surface area contributed by atoms with Gasteiger partial charge >= 0.3 is 0 Å². The predicted molar refractivity (Wildman–Crippen MR) is 93.2 cm³/mol. The van der Waals surface area contributed by atoms with Gasteiger partial charge < -0.3 is 5.32 Å². The van der Waals surface area contributed by atoms with E-state index in [2.05, 4.69) is 21.2 Å². The first kappa shape index (κ1) is 15.1. The molecule has 1 fully saturated rings. The minimum atomic E-state index is -0.599. The molecule has 0 bridgehead atoms. The highest BCUT2D eigenvalue weighted by atomic mass is 79.9. The summed E-state index contributed by atoms with van der Waals surface area (Å²) in [4.78, 5) is 25.9. The summed E-state index contributed by atoms with van der Waals surface area (Å²) in [7, 11) is 0. The first-order valence-corrected chi connectivity index (χ1v) is 8.35. The molecule has 6 heteroatoms. The third kappa shape index (κ3) is 3.03. The fourth-order valence-corrected chi connectivity index (χ4v) is 3.38. The number of benzene rings is 2. The van der Waals surface area contributed by atoms with E-state index in [9.17, 15) is 9.59 Å². The number of nitrogens with zero attached hydrogens (tertiary/aromatic N) is 1. The van der Waals surface area contributed by atoms with Crippen LogP contribution in [0.4, 0.5) is 16.2 Å². The lowest BCUT2D eigenvalue weighted by molar-refractivity contribution is -0.116. The minimum absolute atomic E-state index is 0.251. The maximum Gasteiger partial charge on any atom is 0.295 e. The Hall–Kier alpha value is -1.79. The maximum absolute atomic E-state index is 12.5. The normalized spacial score (nSPS) is 17.9. The van der Waals surface area contributed by atoms with Crippen molar-refractivity contribution < 1.29 is 9.59 Å². The molecule has 1 heterocycles. The number of imide groups is 1. The second kappa shape index (κ2) is 6.14. The van der Waals surface area contributed by atoms with Gasteiger partial charge in [-0.2, -0.15) is 0 Å². The van der Waals surface area contributed by atoms with Crippen molar-refractivity contribution in [3.8, 4) is 0 Å². The van der Waals surface area contributed by atoms with E-state index >= 15 is 0 Å². The number of carbonyl (C=O) groups is 2. The molecule has 1 saturated heterocycles. The van der Waals surface area contributed by atoms with Gasteiger partial charge in [0.05, 0.1) is 5.69 Å². The predicted octanol–water partition coefficient (Wildman–Crippen LogP) is 4.40. The Morgan fingerprint density at radius 1 is 1.14 bits per heavy atom. The standard InChI is InChI=1S/C16H13BrN2O2S/c1-10-3-2-4-12(9-10)18-14-15(20)19(16(21)22-14)13-7-5-11(17)6-8-13/h2-9,14,18H,1H3. The fraction of sp³-hybridized carbons (Fsp3) is 0.125. The second-order valence-corrected chi connectivity index (χ2v) is 6.90. The van der Waals surface area contributed by atoms with Crippen LogP contribution in [-0.2, 0) is 4.79 Å². The van der Waals surface area contributed by atoms with Crippen molar-refractivity contribution in [2.45, 2.75) is 12.3 Å². The number of nitrogens with one attached hydrogen (secondary N) is 1. The third-order valence-corrected chi connectivity index (χ3v) is 4.71. The molecule has 0 spiro atoms. The lowest BCUT2D eigenvalue weighted by atomic mass is 10.2. The molecule has 0 radical (unpaired) electrons. The summed E-state index contributed by atoms with van der Waals surface area (Å²) in [6.45, 7) is 1.98.